The summed E-state index contributed by atoms with van der Waals surface area (Å²) in [4.78, 5) is 0. The average Bonchev–Trinajstić information content (AvgIpc) is 2.60. The lowest BCUT2D eigenvalue weighted by molar-refractivity contribution is 0.0759. The SMILES string of the molecule is CC(C1CCCC1C(C)C(C)(C)C)C(C)(C)C. The van der Waals surface area contributed by atoms with Crippen LogP contribution in [0.2, 0.25) is 0 Å². The minimum absolute atomic E-state index is 0.463. The zero-order chi connectivity index (χ0) is 13.4. The van der Waals surface area contributed by atoms with Crippen LogP contribution in [0.4, 0.5) is 0 Å². The molecule has 102 valence electrons. The topological polar surface area (TPSA) is 0 Å². The van der Waals surface area contributed by atoms with Crippen LogP contribution in [0.5, 0.6) is 0 Å². The summed E-state index contributed by atoms with van der Waals surface area (Å²) < 4.78 is 0. The molecule has 0 N–H and O–H groups in total. The first-order chi connectivity index (χ1) is 7.55. The van der Waals surface area contributed by atoms with Gasteiger partial charge < -0.3 is 0 Å². The molecule has 0 aliphatic heterocycles. The Kier molecular flexibility index (Phi) is 4.37. The zero-order valence-electron chi connectivity index (χ0n) is 13.4. The largest absolute Gasteiger partial charge is 0.0617 e. The van der Waals surface area contributed by atoms with Crippen LogP contribution in [0, 0.1) is 34.5 Å². The van der Waals surface area contributed by atoms with Crippen molar-refractivity contribution in [3.05, 3.63) is 0 Å². The van der Waals surface area contributed by atoms with E-state index in [2.05, 4.69) is 55.4 Å². The molecule has 0 spiro atoms. The Hall–Kier alpha value is 0. The van der Waals surface area contributed by atoms with E-state index in [1.807, 2.05) is 0 Å². The van der Waals surface area contributed by atoms with Gasteiger partial charge in [-0.1, -0.05) is 61.8 Å². The Balaban J connectivity index is 2.80. The van der Waals surface area contributed by atoms with E-state index in [0.29, 0.717) is 10.8 Å². The lowest BCUT2D eigenvalue weighted by atomic mass is 9.64. The first kappa shape index (κ1) is 15.1. The average molecular weight is 238 g/mol. The molecule has 0 bridgehead atoms. The second-order valence-electron chi connectivity index (χ2n) is 8.57. The highest BCUT2D eigenvalue weighted by molar-refractivity contribution is 4.91. The molecule has 0 aromatic heterocycles. The summed E-state index contributed by atoms with van der Waals surface area (Å²) in [6.45, 7) is 19.4. The van der Waals surface area contributed by atoms with Crippen LogP contribution in [-0.2, 0) is 0 Å². The lowest BCUT2D eigenvalue weighted by Crippen LogP contribution is -2.34. The van der Waals surface area contributed by atoms with Gasteiger partial charge in [0.1, 0.15) is 0 Å². The van der Waals surface area contributed by atoms with Crippen LogP contribution in [0.25, 0.3) is 0 Å². The van der Waals surface area contributed by atoms with E-state index in [-0.39, 0.29) is 0 Å². The normalized spacial score (nSPS) is 30.4. The summed E-state index contributed by atoms with van der Waals surface area (Å²) in [6.07, 6.45) is 4.38. The van der Waals surface area contributed by atoms with Crippen LogP contribution >= 0.6 is 0 Å². The van der Waals surface area contributed by atoms with Gasteiger partial charge in [0.25, 0.3) is 0 Å². The van der Waals surface area contributed by atoms with Gasteiger partial charge in [0.15, 0.2) is 0 Å². The van der Waals surface area contributed by atoms with Crippen molar-refractivity contribution in [3.8, 4) is 0 Å². The van der Waals surface area contributed by atoms with E-state index < -0.39 is 0 Å². The molecule has 0 amide bonds. The maximum atomic E-state index is 2.48. The van der Waals surface area contributed by atoms with Crippen molar-refractivity contribution in [1.29, 1.82) is 0 Å². The fourth-order valence-corrected chi connectivity index (χ4v) is 3.54. The summed E-state index contributed by atoms with van der Waals surface area (Å²) >= 11 is 0. The first-order valence-electron chi connectivity index (χ1n) is 7.55. The van der Waals surface area contributed by atoms with E-state index in [0.717, 1.165) is 23.7 Å². The first-order valence-corrected chi connectivity index (χ1v) is 7.55. The molecule has 1 saturated carbocycles. The molecule has 1 aliphatic rings. The van der Waals surface area contributed by atoms with Crippen molar-refractivity contribution >= 4 is 0 Å². The molecule has 4 atom stereocenters. The summed E-state index contributed by atoms with van der Waals surface area (Å²) in [5, 5.41) is 0. The molecule has 0 nitrogen and oxygen atoms in total. The van der Waals surface area contributed by atoms with Crippen molar-refractivity contribution in [1.82, 2.24) is 0 Å². The number of hydrogen-bond acceptors (Lipinski definition) is 0. The van der Waals surface area contributed by atoms with Crippen molar-refractivity contribution in [2.24, 2.45) is 34.5 Å². The van der Waals surface area contributed by atoms with Crippen molar-refractivity contribution in [2.45, 2.75) is 74.7 Å². The molecule has 0 aromatic carbocycles. The van der Waals surface area contributed by atoms with E-state index in [4.69, 9.17) is 0 Å². The van der Waals surface area contributed by atoms with Gasteiger partial charge in [-0.25, -0.2) is 0 Å². The van der Waals surface area contributed by atoms with Gasteiger partial charge in [0.05, 0.1) is 0 Å². The molecule has 4 unspecified atom stereocenters. The van der Waals surface area contributed by atoms with Crippen LogP contribution in [0.3, 0.4) is 0 Å². The van der Waals surface area contributed by atoms with Gasteiger partial charge in [-0.3, -0.25) is 0 Å². The molecule has 17 heavy (non-hydrogen) atoms. The third-order valence-electron chi connectivity index (χ3n) is 5.64. The van der Waals surface area contributed by atoms with Gasteiger partial charge in [-0.2, -0.15) is 0 Å². The molecule has 1 rings (SSSR count). The van der Waals surface area contributed by atoms with E-state index in [1.54, 1.807) is 0 Å². The highest BCUT2D eigenvalue weighted by Crippen LogP contribution is 2.50. The molecule has 1 aliphatic carbocycles. The molecule has 0 heterocycles. The Bertz CT molecular complexity index is 212. The van der Waals surface area contributed by atoms with Crippen LogP contribution in [-0.4, -0.2) is 0 Å². The van der Waals surface area contributed by atoms with Gasteiger partial charge in [0, 0.05) is 0 Å². The maximum absolute atomic E-state index is 2.48. The van der Waals surface area contributed by atoms with E-state index in [1.165, 1.54) is 19.3 Å². The molecule has 0 radical (unpaired) electrons. The quantitative estimate of drug-likeness (QED) is 0.573. The Morgan fingerprint density at radius 2 is 1.00 bits per heavy atom. The molecular weight excluding hydrogens is 204 g/mol. The Morgan fingerprint density at radius 1 is 0.706 bits per heavy atom. The third-order valence-corrected chi connectivity index (χ3v) is 5.64. The summed E-state index contributed by atoms with van der Waals surface area (Å²) in [5.41, 5.74) is 0.926. The fraction of sp³-hybridized carbons (Fsp3) is 1.00. The second kappa shape index (κ2) is 4.94. The predicted octanol–water partition coefficient (Wildman–Crippen LogP) is 5.77. The van der Waals surface area contributed by atoms with Crippen molar-refractivity contribution < 1.29 is 0 Å². The molecule has 0 heteroatoms. The van der Waals surface area contributed by atoms with Crippen LogP contribution in [0.15, 0.2) is 0 Å². The standard InChI is InChI=1S/C17H34/c1-12(16(3,4)5)14-10-9-11-15(14)13(2)17(6,7)8/h12-15H,9-11H2,1-8H3. The van der Waals surface area contributed by atoms with Crippen LogP contribution in [0.1, 0.15) is 74.7 Å². The lowest BCUT2D eigenvalue weighted by Gasteiger charge is -2.41. The summed E-state index contributed by atoms with van der Waals surface area (Å²) in [7, 11) is 0. The Labute approximate surface area is 110 Å². The third kappa shape index (κ3) is 3.48. The maximum Gasteiger partial charge on any atom is -0.0352 e. The van der Waals surface area contributed by atoms with E-state index in [9.17, 15) is 0 Å². The van der Waals surface area contributed by atoms with Crippen LogP contribution < -0.4 is 0 Å². The zero-order valence-corrected chi connectivity index (χ0v) is 13.4. The molecular formula is C17H34. The number of rotatable bonds is 2. The van der Waals surface area contributed by atoms with Gasteiger partial charge in [0.2, 0.25) is 0 Å². The van der Waals surface area contributed by atoms with Gasteiger partial charge in [-0.05, 0) is 47.3 Å². The monoisotopic (exact) mass is 238 g/mol. The highest BCUT2D eigenvalue weighted by atomic mass is 14.5. The Morgan fingerprint density at radius 3 is 1.24 bits per heavy atom. The smallest absolute Gasteiger partial charge is 0.0352 e. The predicted molar refractivity (Wildman–Crippen MR) is 78.1 cm³/mol. The second-order valence-corrected chi connectivity index (χ2v) is 8.57. The van der Waals surface area contributed by atoms with Gasteiger partial charge in [-0.15, -0.1) is 0 Å². The van der Waals surface area contributed by atoms with E-state index >= 15 is 0 Å². The minimum atomic E-state index is 0.463. The minimum Gasteiger partial charge on any atom is -0.0617 e. The van der Waals surface area contributed by atoms with Gasteiger partial charge >= 0.3 is 0 Å². The molecule has 0 aromatic rings. The number of hydrogen-bond donors (Lipinski definition) is 0. The fourth-order valence-electron chi connectivity index (χ4n) is 3.54. The summed E-state index contributed by atoms with van der Waals surface area (Å²) in [6, 6.07) is 0. The van der Waals surface area contributed by atoms with Crippen molar-refractivity contribution in [3.63, 3.8) is 0 Å². The highest BCUT2D eigenvalue weighted by Gasteiger charge is 2.41. The summed E-state index contributed by atoms with van der Waals surface area (Å²) in [5.74, 6) is 3.59. The molecule has 0 saturated heterocycles. The molecule has 1 fully saturated rings. The van der Waals surface area contributed by atoms with Crippen molar-refractivity contribution in [2.75, 3.05) is 0 Å².